The molecule has 2 aromatic heterocycles. The monoisotopic (exact) mass is 707 g/mol. The number of phenolic OH excluding ortho intramolecular Hbond substituents is 1. The van der Waals surface area contributed by atoms with Crippen LogP contribution < -0.4 is 25.4 Å². The smallest absolute Gasteiger partial charge is 0.329 e. The van der Waals surface area contributed by atoms with Gasteiger partial charge in [-0.05, 0) is 68.1 Å². The average molecular weight is 708 g/mol. The van der Waals surface area contributed by atoms with Crippen LogP contribution in [0.1, 0.15) is 43.2 Å². The SMILES string of the molecule is Cn1cc(-c2ccc(O)c(N3CC(=O)NS3=O)c2F)nc1NC(=O)CN1CCC(c2ccc3c(c2)n(C)c(=O)n3C2CCC(=O)NC2=O)CC1. The standard InChI is InChI=1S/C32H34FN9O7S/c1-38-14-20(19-4-7-24(43)29(28(19)33)41-16-27(46)37-50(41)49)34-31(38)36-26(45)15-40-11-9-17(10-12-40)18-3-5-21-23(13-18)39(2)32(48)42(21)22-6-8-25(44)35-30(22)47/h3-5,7,13-14,17,22,43H,6,8-12,15-16H2,1-2H3,(H,37,46)(H,34,36,45)(H,35,44,47). The Morgan fingerprint density at radius 1 is 1.06 bits per heavy atom. The number of carbonyl (C=O) groups excluding carboxylic acids is 4. The molecular weight excluding hydrogens is 673 g/mol. The maximum atomic E-state index is 15.6. The number of halogens is 1. The van der Waals surface area contributed by atoms with Gasteiger partial charge >= 0.3 is 5.69 Å². The van der Waals surface area contributed by atoms with Crippen molar-refractivity contribution in [2.75, 3.05) is 35.8 Å². The van der Waals surface area contributed by atoms with Gasteiger partial charge in [0.25, 0.3) is 5.91 Å². The first-order valence-electron chi connectivity index (χ1n) is 16.0. The van der Waals surface area contributed by atoms with Crippen LogP contribution in [0.15, 0.2) is 41.3 Å². The number of aryl methyl sites for hydroxylation is 2. The van der Waals surface area contributed by atoms with Crippen molar-refractivity contribution >= 4 is 57.5 Å². The van der Waals surface area contributed by atoms with Crippen LogP contribution in [-0.4, -0.2) is 82.7 Å². The van der Waals surface area contributed by atoms with E-state index in [1.165, 1.54) is 32.0 Å². The van der Waals surface area contributed by atoms with Crippen LogP contribution in [0.2, 0.25) is 0 Å². The van der Waals surface area contributed by atoms with Gasteiger partial charge in [-0.1, -0.05) is 6.07 Å². The van der Waals surface area contributed by atoms with Crippen molar-refractivity contribution in [1.29, 1.82) is 0 Å². The molecule has 4 aromatic rings. The summed E-state index contributed by atoms with van der Waals surface area (Å²) in [5.74, 6) is -2.73. The van der Waals surface area contributed by atoms with Crippen molar-refractivity contribution in [3.8, 4) is 17.0 Å². The number of fused-ring (bicyclic) bond motifs is 1. The van der Waals surface area contributed by atoms with E-state index in [4.69, 9.17) is 0 Å². The molecule has 262 valence electrons. The van der Waals surface area contributed by atoms with Crippen LogP contribution in [-0.2, 0) is 44.4 Å². The number of benzene rings is 2. The molecule has 50 heavy (non-hydrogen) atoms. The molecule has 4 N–H and O–H groups in total. The summed E-state index contributed by atoms with van der Waals surface area (Å²) in [6.45, 7) is 1.01. The summed E-state index contributed by atoms with van der Waals surface area (Å²) in [4.78, 5) is 68.5. The molecule has 3 aliphatic heterocycles. The molecule has 0 saturated carbocycles. The number of imidazole rings is 2. The Bertz CT molecular complexity index is 2170. The fraction of sp³-hybridized carbons (Fsp3) is 0.375. The van der Waals surface area contributed by atoms with E-state index in [1.807, 2.05) is 23.1 Å². The van der Waals surface area contributed by atoms with Gasteiger partial charge in [0.05, 0.1) is 23.3 Å². The molecule has 3 aliphatic rings. The fourth-order valence-electron chi connectivity index (χ4n) is 6.89. The minimum absolute atomic E-state index is 0.0156. The van der Waals surface area contributed by atoms with Crippen LogP contribution in [0.25, 0.3) is 22.3 Å². The molecule has 4 amide bonds. The Morgan fingerprint density at radius 2 is 1.82 bits per heavy atom. The molecule has 5 heterocycles. The zero-order valence-electron chi connectivity index (χ0n) is 27.1. The van der Waals surface area contributed by atoms with Gasteiger partial charge in [-0.15, -0.1) is 0 Å². The lowest BCUT2D eigenvalue weighted by Crippen LogP contribution is -2.44. The Morgan fingerprint density at radius 3 is 2.52 bits per heavy atom. The van der Waals surface area contributed by atoms with Crippen LogP contribution in [0.4, 0.5) is 16.0 Å². The molecular formula is C32H34FN9O7S. The third kappa shape index (κ3) is 5.93. The second-order valence-electron chi connectivity index (χ2n) is 12.7. The van der Waals surface area contributed by atoms with E-state index in [-0.39, 0.29) is 60.0 Å². The van der Waals surface area contributed by atoms with Gasteiger partial charge in [-0.3, -0.25) is 52.9 Å². The molecule has 2 atom stereocenters. The van der Waals surface area contributed by atoms with E-state index in [9.17, 15) is 33.3 Å². The van der Waals surface area contributed by atoms with Gasteiger partial charge < -0.3 is 9.67 Å². The lowest BCUT2D eigenvalue weighted by Gasteiger charge is -2.31. The second kappa shape index (κ2) is 12.8. The summed E-state index contributed by atoms with van der Waals surface area (Å²) in [6, 6.07) is 7.59. The Kier molecular flexibility index (Phi) is 8.51. The van der Waals surface area contributed by atoms with Gasteiger partial charge in [-0.25, -0.2) is 18.4 Å². The highest BCUT2D eigenvalue weighted by molar-refractivity contribution is 7.85. The zero-order chi connectivity index (χ0) is 35.4. The third-order valence-electron chi connectivity index (χ3n) is 9.50. The van der Waals surface area contributed by atoms with Crippen LogP contribution >= 0.6 is 0 Å². The number of phenols is 1. The zero-order valence-corrected chi connectivity index (χ0v) is 28.0. The number of piperidine rings is 2. The second-order valence-corrected chi connectivity index (χ2v) is 13.8. The summed E-state index contributed by atoms with van der Waals surface area (Å²) >= 11 is -2.05. The first-order valence-corrected chi connectivity index (χ1v) is 17.1. The molecule has 16 nitrogen and oxygen atoms in total. The largest absolute Gasteiger partial charge is 0.506 e. The van der Waals surface area contributed by atoms with Crippen molar-refractivity contribution in [2.45, 2.75) is 37.6 Å². The maximum Gasteiger partial charge on any atom is 0.329 e. The summed E-state index contributed by atoms with van der Waals surface area (Å²) in [6.07, 6.45) is 3.50. The fourth-order valence-corrected chi connectivity index (χ4v) is 7.84. The molecule has 0 aliphatic carbocycles. The number of carbonyl (C=O) groups is 4. The quantitative estimate of drug-likeness (QED) is 0.202. The first kappa shape index (κ1) is 33.2. The number of aromatic hydroxyl groups is 1. The number of imide groups is 1. The molecule has 2 unspecified atom stereocenters. The summed E-state index contributed by atoms with van der Waals surface area (Å²) < 4.78 is 35.4. The molecule has 0 radical (unpaired) electrons. The summed E-state index contributed by atoms with van der Waals surface area (Å²) in [7, 11) is 3.31. The topological polar surface area (TPSA) is 193 Å². The highest BCUT2D eigenvalue weighted by atomic mass is 32.2. The number of hydrogen-bond donors (Lipinski definition) is 4. The van der Waals surface area contributed by atoms with Gasteiger partial charge in [0, 0.05) is 32.3 Å². The van der Waals surface area contributed by atoms with E-state index in [0.717, 1.165) is 22.7 Å². The van der Waals surface area contributed by atoms with E-state index in [0.29, 0.717) is 24.1 Å². The van der Waals surface area contributed by atoms with E-state index >= 15 is 4.39 Å². The Labute approximate surface area is 286 Å². The van der Waals surface area contributed by atoms with Gasteiger partial charge in [-0.2, -0.15) is 0 Å². The van der Waals surface area contributed by atoms with Crippen LogP contribution in [0.3, 0.4) is 0 Å². The van der Waals surface area contributed by atoms with E-state index < -0.39 is 52.8 Å². The highest BCUT2D eigenvalue weighted by Crippen LogP contribution is 2.38. The van der Waals surface area contributed by atoms with Crippen molar-refractivity contribution in [1.82, 2.24) is 33.6 Å². The predicted molar refractivity (Wildman–Crippen MR) is 180 cm³/mol. The van der Waals surface area contributed by atoms with Crippen molar-refractivity contribution in [2.24, 2.45) is 14.1 Å². The lowest BCUT2D eigenvalue weighted by molar-refractivity contribution is -0.135. The highest BCUT2D eigenvalue weighted by Gasteiger charge is 2.34. The molecule has 0 bridgehead atoms. The predicted octanol–water partition coefficient (Wildman–Crippen LogP) is 0.896. The minimum Gasteiger partial charge on any atom is -0.506 e. The number of likely N-dealkylation sites (tertiary alicyclic amines) is 1. The first-order chi connectivity index (χ1) is 23.9. The number of hydrogen-bond acceptors (Lipinski definition) is 9. The number of rotatable bonds is 7. The van der Waals surface area contributed by atoms with Gasteiger partial charge in [0.1, 0.15) is 24.0 Å². The van der Waals surface area contributed by atoms with Crippen molar-refractivity contribution < 1.29 is 32.9 Å². The molecule has 3 saturated heterocycles. The van der Waals surface area contributed by atoms with Crippen molar-refractivity contribution in [3.05, 3.63) is 58.4 Å². The number of nitrogens with one attached hydrogen (secondary N) is 3. The number of aromatic nitrogens is 4. The van der Waals surface area contributed by atoms with Gasteiger partial charge in [0.2, 0.25) is 34.8 Å². The lowest BCUT2D eigenvalue weighted by atomic mass is 9.89. The van der Waals surface area contributed by atoms with E-state index in [1.54, 1.807) is 14.1 Å². The molecule has 2 aromatic carbocycles. The maximum absolute atomic E-state index is 15.6. The minimum atomic E-state index is -2.05. The number of anilines is 2. The van der Waals surface area contributed by atoms with E-state index in [2.05, 4.69) is 20.3 Å². The molecule has 18 heteroatoms. The third-order valence-corrected chi connectivity index (χ3v) is 10.6. The number of amides is 4. The number of nitrogens with zero attached hydrogens (tertiary/aromatic N) is 6. The molecule has 7 rings (SSSR count). The normalized spacial score (nSPS) is 20.4. The summed E-state index contributed by atoms with van der Waals surface area (Å²) in [5.41, 5.74) is 1.82. The van der Waals surface area contributed by atoms with Gasteiger partial charge in [0.15, 0.2) is 5.82 Å². The van der Waals surface area contributed by atoms with Crippen molar-refractivity contribution in [3.63, 3.8) is 0 Å². The summed E-state index contributed by atoms with van der Waals surface area (Å²) in [5, 5.41) is 15.4. The van der Waals surface area contributed by atoms with Crippen LogP contribution in [0, 0.1) is 5.82 Å². The molecule has 0 spiro atoms. The van der Waals surface area contributed by atoms with Crippen LogP contribution in [0.5, 0.6) is 5.75 Å². The molecule has 3 fully saturated rings. The Hall–Kier alpha value is -5.36. The average Bonchev–Trinajstić information content (AvgIpc) is 3.68. The Balaban J connectivity index is 0.990.